The molecule has 7 nitrogen and oxygen atoms in total. The van der Waals surface area contributed by atoms with E-state index in [9.17, 15) is 14.9 Å². The van der Waals surface area contributed by atoms with Crippen molar-refractivity contribution in [3.63, 3.8) is 0 Å². The van der Waals surface area contributed by atoms with Crippen LogP contribution >= 0.6 is 0 Å². The monoisotopic (exact) mass is 263 g/mol. The fourth-order valence-electron chi connectivity index (χ4n) is 1.54. The number of ether oxygens (including phenoxy) is 1. The molecule has 2 rings (SSSR count). The third-order valence-corrected chi connectivity index (χ3v) is 2.39. The molecule has 1 aromatic heterocycles. The fraction of sp³-hybridized carbons (Fsp3) is 0.0833. The number of hydrogen-bond acceptors (Lipinski definition) is 5. The third-order valence-electron chi connectivity index (χ3n) is 2.39. The van der Waals surface area contributed by atoms with Crippen molar-refractivity contribution in [3.8, 4) is 5.75 Å². The van der Waals surface area contributed by atoms with E-state index in [0.29, 0.717) is 5.56 Å². The average Bonchev–Trinajstić information content (AvgIpc) is 2.88. The highest BCUT2D eigenvalue weighted by molar-refractivity contribution is 5.95. The predicted octanol–water partition coefficient (Wildman–Crippen LogP) is 2.47. The van der Waals surface area contributed by atoms with Crippen molar-refractivity contribution in [2.24, 2.45) is 0 Å². The normalized spacial score (nSPS) is 10.1. The van der Waals surface area contributed by atoms with Crippen LogP contribution in [0.1, 0.15) is 15.9 Å². The first-order chi connectivity index (χ1) is 9.09. The van der Waals surface area contributed by atoms with Gasteiger partial charge in [-0.3, -0.25) is 10.1 Å². The Kier molecular flexibility index (Phi) is 3.46. The number of carboxylic acids is 1. The van der Waals surface area contributed by atoms with Crippen LogP contribution in [-0.2, 0) is 6.61 Å². The van der Waals surface area contributed by atoms with Crippen LogP contribution in [0.15, 0.2) is 41.2 Å². The first-order valence-corrected chi connectivity index (χ1v) is 5.24. The van der Waals surface area contributed by atoms with Gasteiger partial charge in [0, 0.05) is 11.6 Å². The molecule has 0 radical (unpaired) electrons. The van der Waals surface area contributed by atoms with Crippen LogP contribution in [0, 0.1) is 10.1 Å². The molecule has 0 aliphatic rings. The molecule has 7 heteroatoms. The number of carbonyl (C=O) groups is 1. The van der Waals surface area contributed by atoms with Crippen molar-refractivity contribution in [1.82, 2.24) is 0 Å². The lowest BCUT2D eigenvalue weighted by Crippen LogP contribution is -2.06. The summed E-state index contributed by atoms with van der Waals surface area (Å²) < 4.78 is 10.1. The molecule has 0 saturated carbocycles. The van der Waals surface area contributed by atoms with Gasteiger partial charge in [0.05, 0.1) is 17.4 Å². The Morgan fingerprint density at radius 2 is 2.21 bits per heavy atom. The second-order valence-corrected chi connectivity index (χ2v) is 3.63. The summed E-state index contributed by atoms with van der Waals surface area (Å²) in [6, 6.07) is 5.51. The fourth-order valence-corrected chi connectivity index (χ4v) is 1.54. The standard InChI is InChI=1S/C12H9NO6/c14-12(15)11-9(13(16)17)2-1-3-10(11)19-7-8-4-5-18-6-8/h1-6H,7H2,(H,14,15). The highest BCUT2D eigenvalue weighted by Crippen LogP contribution is 2.28. The molecule has 0 spiro atoms. The Morgan fingerprint density at radius 3 is 2.79 bits per heavy atom. The molecule has 2 aromatic rings. The maximum absolute atomic E-state index is 11.1. The van der Waals surface area contributed by atoms with E-state index in [0.717, 1.165) is 6.07 Å². The van der Waals surface area contributed by atoms with Crippen LogP contribution in [0.25, 0.3) is 0 Å². The highest BCUT2D eigenvalue weighted by Gasteiger charge is 2.24. The number of rotatable bonds is 5. The molecule has 0 aliphatic carbocycles. The van der Waals surface area contributed by atoms with Crippen molar-refractivity contribution in [1.29, 1.82) is 0 Å². The number of nitro benzene ring substituents is 1. The number of benzene rings is 1. The van der Waals surface area contributed by atoms with E-state index in [2.05, 4.69) is 0 Å². The second kappa shape index (κ2) is 5.21. The highest BCUT2D eigenvalue weighted by atomic mass is 16.6. The zero-order chi connectivity index (χ0) is 13.8. The van der Waals surface area contributed by atoms with Gasteiger partial charge >= 0.3 is 5.97 Å². The number of hydrogen-bond donors (Lipinski definition) is 1. The van der Waals surface area contributed by atoms with E-state index in [1.165, 1.54) is 24.7 Å². The van der Waals surface area contributed by atoms with E-state index in [4.69, 9.17) is 14.3 Å². The molecule has 0 fully saturated rings. The summed E-state index contributed by atoms with van der Waals surface area (Å²) in [4.78, 5) is 21.1. The molecule has 0 saturated heterocycles. The van der Waals surface area contributed by atoms with E-state index >= 15 is 0 Å². The predicted molar refractivity (Wildman–Crippen MR) is 63.1 cm³/mol. The van der Waals surface area contributed by atoms with Crippen LogP contribution in [0.5, 0.6) is 5.75 Å². The largest absolute Gasteiger partial charge is 0.488 e. The molecule has 0 atom stereocenters. The number of carboxylic acid groups (broad SMARTS) is 1. The van der Waals surface area contributed by atoms with Gasteiger partial charge in [0.2, 0.25) is 0 Å². The summed E-state index contributed by atoms with van der Waals surface area (Å²) in [6.07, 6.45) is 2.89. The maximum atomic E-state index is 11.1. The molecular formula is C12H9NO6. The van der Waals surface area contributed by atoms with Crippen molar-refractivity contribution < 1.29 is 24.0 Å². The number of nitro groups is 1. The van der Waals surface area contributed by atoms with Gasteiger partial charge in [-0.25, -0.2) is 4.79 Å². The summed E-state index contributed by atoms with van der Waals surface area (Å²) in [5.41, 5.74) is -0.268. The first kappa shape index (κ1) is 12.6. The zero-order valence-electron chi connectivity index (χ0n) is 9.61. The minimum Gasteiger partial charge on any atom is -0.488 e. The number of furan rings is 1. The van der Waals surface area contributed by atoms with Gasteiger partial charge < -0.3 is 14.3 Å². The Bertz CT molecular complexity index is 605. The van der Waals surface area contributed by atoms with Gasteiger partial charge in [-0.2, -0.15) is 0 Å². The molecule has 1 aromatic carbocycles. The quantitative estimate of drug-likeness (QED) is 0.656. The Hall–Kier alpha value is -2.83. The van der Waals surface area contributed by atoms with Crippen LogP contribution in [0.4, 0.5) is 5.69 Å². The molecule has 98 valence electrons. The van der Waals surface area contributed by atoms with Gasteiger partial charge in [-0.15, -0.1) is 0 Å². The van der Waals surface area contributed by atoms with Crippen molar-refractivity contribution in [2.45, 2.75) is 6.61 Å². The first-order valence-electron chi connectivity index (χ1n) is 5.24. The van der Waals surface area contributed by atoms with E-state index in [-0.39, 0.29) is 12.4 Å². The molecule has 0 bridgehead atoms. The lowest BCUT2D eigenvalue weighted by molar-refractivity contribution is -0.385. The molecule has 0 amide bonds. The Balaban J connectivity index is 2.31. The van der Waals surface area contributed by atoms with Gasteiger partial charge in [-0.05, 0) is 12.1 Å². The molecule has 0 aliphatic heterocycles. The number of aromatic carboxylic acids is 1. The van der Waals surface area contributed by atoms with Gasteiger partial charge in [-0.1, -0.05) is 6.07 Å². The summed E-state index contributed by atoms with van der Waals surface area (Å²) in [5, 5.41) is 19.8. The van der Waals surface area contributed by atoms with Crippen molar-refractivity contribution in [3.05, 3.63) is 58.0 Å². The Morgan fingerprint density at radius 1 is 1.42 bits per heavy atom. The molecule has 1 heterocycles. The van der Waals surface area contributed by atoms with E-state index in [1.54, 1.807) is 6.07 Å². The topological polar surface area (TPSA) is 103 Å². The minimum absolute atomic E-state index is 0.0529. The SMILES string of the molecule is O=C(O)c1c(OCc2ccoc2)cccc1[N+](=O)[O-]. The van der Waals surface area contributed by atoms with Gasteiger partial charge in [0.1, 0.15) is 12.4 Å². The smallest absolute Gasteiger partial charge is 0.346 e. The van der Waals surface area contributed by atoms with Crippen LogP contribution in [-0.4, -0.2) is 16.0 Å². The van der Waals surface area contributed by atoms with Crippen LogP contribution in [0.3, 0.4) is 0 Å². The summed E-state index contributed by atoms with van der Waals surface area (Å²) >= 11 is 0. The van der Waals surface area contributed by atoms with E-state index < -0.39 is 22.1 Å². The van der Waals surface area contributed by atoms with Crippen LogP contribution in [0.2, 0.25) is 0 Å². The summed E-state index contributed by atoms with van der Waals surface area (Å²) in [7, 11) is 0. The van der Waals surface area contributed by atoms with E-state index in [1.807, 2.05) is 0 Å². The lowest BCUT2D eigenvalue weighted by atomic mass is 10.1. The molecule has 1 N–H and O–H groups in total. The Labute approximate surface area is 107 Å². The van der Waals surface area contributed by atoms with Crippen LogP contribution < -0.4 is 4.74 Å². The summed E-state index contributed by atoms with van der Waals surface area (Å²) in [6.45, 7) is 0.0674. The summed E-state index contributed by atoms with van der Waals surface area (Å²) in [5.74, 6) is -1.46. The molecule has 0 unspecified atom stereocenters. The minimum atomic E-state index is -1.41. The molecular weight excluding hydrogens is 254 g/mol. The lowest BCUT2D eigenvalue weighted by Gasteiger charge is -2.08. The molecule has 19 heavy (non-hydrogen) atoms. The second-order valence-electron chi connectivity index (χ2n) is 3.63. The van der Waals surface area contributed by atoms with Crippen molar-refractivity contribution >= 4 is 11.7 Å². The van der Waals surface area contributed by atoms with Gasteiger partial charge in [0.15, 0.2) is 5.56 Å². The maximum Gasteiger partial charge on any atom is 0.346 e. The van der Waals surface area contributed by atoms with Crippen molar-refractivity contribution in [2.75, 3.05) is 0 Å². The average molecular weight is 263 g/mol. The number of nitrogens with zero attached hydrogens (tertiary/aromatic N) is 1. The third kappa shape index (κ3) is 2.71. The zero-order valence-corrected chi connectivity index (χ0v) is 9.61. The van der Waals surface area contributed by atoms with Gasteiger partial charge in [0.25, 0.3) is 5.69 Å².